The van der Waals surface area contributed by atoms with Gasteiger partial charge in [0, 0.05) is 37.7 Å². The maximum Gasteiger partial charge on any atom is 0.208 e. The summed E-state index contributed by atoms with van der Waals surface area (Å²) in [5.74, 6) is 0.788. The third-order valence-corrected chi connectivity index (χ3v) is 5.15. The molecule has 0 amide bonds. The predicted octanol–water partition coefficient (Wildman–Crippen LogP) is 1.81. The molecule has 0 spiro atoms. The van der Waals surface area contributed by atoms with Crippen LogP contribution in [0.25, 0.3) is 10.6 Å². The molecule has 1 fully saturated rings. The molecule has 0 unspecified atom stereocenters. The van der Waals surface area contributed by atoms with Crippen LogP contribution in [0, 0.1) is 11.8 Å². The molecule has 6 heteroatoms. The van der Waals surface area contributed by atoms with Crippen molar-refractivity contribution < 1.29 is 5.11 Å². The minimum absolute atomic E-state index is 0.235. The molecule has 118 valence electrons. The summed E-state index contributed by atoms with van der Waals surface area (Å²) in [6.07, 6.45) is 0. The molecule has 1 N–H and O–H groups in total. The van der Waals surface area contributed by atoms with E-state index >= 15 is 0 Å². The highest BCUT2D eigenvalue weighted by Gasteiger charge is 2.34. The summed E-state index contributed by atoms with van der Waals surface area (Å²) in [7, 11) is 4.16. The van der Waals surface area contributed by atoms with Gasteiger partial charge in [-0.05, 0) is 20.0 Å². The lowest BCUT2D eigenvalue weighted by Gasteiger charge is -2.19. The van der Waals surface area contributed by atoms with Crippen LogP contribution in [0.15, 0.2) is 30.3 Å². The van der Waals surface area contributed by atoms with Crippen molar-refractivity contribution in [2.45, 2.75) is 0 Å². The van der Waals surface area contributed by atoms with Gasteiger partial charge < -0.3 is 14.9 Å². The van der Waals surface area contributed by atoms with Crippen LogP contribution in [-0.2, 0) is 0 Å². The van der Waals surface area contributed by atoms with Crippen molar-refractivity contribution in [2.24, 2.45) is 11.8 Å². The maximum atomic E-state index is 9.62. The molecule has 2 aromatic rings. The fourth-order valence-electron chi connectivity index (χ4n) is 3.02. The van der Waals surface area contributed by atoms with Gasteiger partial charge in [0.05, 0.1) is 0 Å². The normalized spacial score (nSPS) is 21.7. The van der Waals surface area contributed by atoms with E-state index in [1.807, 2.05) is 18.2 Å². The Labute approximate surface area is 135 Å². The Morgan fingerprint density at radius 1 is 1.18 bits per heavy atom. The highest BCUT2D eigenvalue weighted by atomic mass is 32.1. The number of hydrogen-bond acceptors (Lipinski definition) is 6. The smallest absolute Gasteiger partial charge is 0.208 e. The van der Waals surface area contributed by atoms with Crippen LogP contribution in [-0.4, -0.2) is 60.5 Å². The molecular formula is C16H22N4OS. The average Bonchev–Trinajstić information content (AvgIpc) is 3.14. The van der Waals surface area contributed by atoms with Gasteiger partial charge in [0.15, 0.2) is 0 Å². The first-order valence-electron chi connectivity index (χ1n) is 7.57. The van der Waals surface area contributed by atoms with Crippen molar-refractivity contribution in [1.29, 1.82) is 0 Å². The van der Waals surface area contributed by atoms with Crippen molar-refractivity contribution in [3.05, 3.63) is 30.3 Å². The molecule has 0 saturated carbocycles. The van der Waals surface area contributed by atoms with Crippen LogP contribution in [0.2, 0.25) is 0 Å². The van der Waals surface area contributed by atoms with E-state index in [-0.39, 0.29) is 6.61 Å². The van der Waals surface area contributed by atoms with Crippen LogP contribution < -0.4 is 4.90 Å². The molecule has 3 rings (SSSR count). The first kappa shape index (κ1) is 15.4. The fraction of sp³-hybridized carbons (Fsp3) is 0.500. The number of aliphatic hydroxyl groups excluding tert-OH is 1. The van der Waals surface area contributed by atoms with E-state index in [9.17, 15) is 5.11 Å². The zero-order chi connectivity index (χ0) is 15.5. The molecule has 1 aromatic carbocycles. The van der Waals surface area contributed by atoms with Gasteiger partial charge in [0.2, 0.25) is 5.13 Å². The molecular weight excluding hydrogens is 296 g/mol. The standard InChI is InChI=1S/C16H22N4OS/c1-19(2)8-13-9-20(10-14(13)11-21)16-18-17-15(22-16)12-6-4-3-5-7-12/h3-7,13-14,21H,8-11H2,1-2H3/t13-,14-/m1/s1. The first-order valence-corrected chi connectivity index (χ1v) is 8.38. The third-order valence-electron chi connectivity index (χ3n) is 4.12. The highest BCUT2D eigenvalue weighted by Crippen LogP contribution is 2.33. The van der Waals surface area contributed by atoms with Crippen molar-refractivity contribution >= 4 is 16.5 Å². The average molecular weight is 318 g/mol. The Hall–Kier alpha value is -1.50. The molecule has 2 heterocycles. The molecule has 1 aliphatic heterocycles. The van der Waals surface area contributed by atoms with Crippen LogP contribution in [0.1, 0.15) is 0 Å². The van der Waals surface area contributed by atoms with Crippen molar-refractivity contribution in [2.75, 3.05) is 45.2 Å². The second kappa shape index (κ2) is 6.73. The first-order chi connectivity index (χ1) is 10.7. The van der Waals surface area contributed by atoms with Crippen LogP contribution in [0.3, 0.4) is 0 Å². The van der Waals surface area contributed by atoms with Gasteiger partial charge in [-0.25, -0.2) is 0 Å². The highest BCUT2D eigenvalue weighted by molar-refractivity contribution is 7.18. The lowest BCUT2D eigenvalue weighted by atomic mass is 9.97. The van der Waals surface area contributed by atoms with Gasteiger partial charge in [-0.1, -0.05) is 41.7 Å². The second-order valence-corrected chi connectivity index (χ2v) is 7.08. The molecule has 0 bridgehead atoms. The lowest BCUT2D eigenvalue weighted by molar-refractivity contribution is 0.185. The van der Waals surface area contributed by atoms with Gasteiger partial charge in [-0.3, -0.25) is 0 Å². The number of rotatable bonds is 5. The number of aliphatic hydroxyl groups is 1. The fourth-order valence-corrected chi connectivity index (χ4v) is 3.89. The van der Waals surface area contributed by atoms with Crippen LogP contribution in [0.5, 0.6) is 0 Å². The Morgan fingerprint density at radius 2 is 1.91 bits per heavy atom. The van der Waals surface area contributed by atoms with E-state index in [0.717, 1.165) is 35.3 Å². The van der Waals surface area contributed by atoms with E-state index in [2.05, 4.69) is 46.2 Å². The van der Waals surface area contributed by atoms with Crippen molar-refractivity contribution in [1.82, 2.24) is 15.1 Å². The van der Waals surface area contributed by atoms with Gasteiger partial charge in [0.1, 0.15) is 5.01 Å². The Bertz CT molecular complexity index is 601. The molecule has 22 heavy (non-hydrogen) atoms. The third kappa shape index (κ3) is 3.29. The van der Waals surface area contributed by atoms with Gasteiger partial charge in [-0.2, -0.15) is 0 Å². The summed E-state index contributed by atoms with van der Waals surface area (Å²) in [5.41, 5.74) is 1.11. The molecule has 2 atom stereocenters. The molecule has 1 aromatic heterocycles. The molecule has 1 aliphatic rings. The van der Waals surface area contributed by atoms with E-state index < -0.39 is 0 Å². The Morgan fingerprint density at radius 3 is 2.59 bits per heavy atom. The number of aromatic nitrogens is 2. The zero-order valence-corrected chi connectivity index (χ0v) is 13.8. The monoisotopic (exact) mass is 318 g/mol. The lowest BCUT2D eigenvalue weighted by Crippen LogP contribution is -2.28. The van der Waals surface area contributed by atoms with Gasteiger partial charge in [0.25, 0.3) is 0 Å². The summed E-state index contributed by atoms with van der Waals surface area (Å²) in [6.45, 7) is 3.02. The summed E-state index contributed by atoms with van der Waals surface area (Å²) >= 11 is 1.63. The number of benzene rings is 1. The largest absolute Gasteiger partial charge is 0.396 e. The van der Waals surface area contributed by atoms with E-state index in [0.29, 0.717) is 11.8 Å². The number of nitrogens with zero attached hydrogens (tertiary/aromatic N) is 4. The zero-order valence-electron chi connectivity index (χ0n) is 13.0. The predicted molar refractivity (Wildman–Crippen MR) is 90.2 cm³/mol. The summed E-state index contributed by atoms with van der Waals surface area (Å²) < 4.78 is 0. The SMILES string of the molecule is CN(C)C[C@@H]1CN(c2nnc(-c3ccccc3)s2)C[C@@H]1CO. The maximum absolute atomic E-state index is 9.62. The molecule has 5 nitrogen and oxygen atoms in total. The van der Waals surface area contributed by atoms with E-state index in [4.69, 9.17) is 0 Å². The van der Waals surface area contributed by atoms with Crippen molar-refractivity contribution in [3.8, 4) is 10.6 Å². The summed E-state index contributed by atoms with van der Waals surface area (Å²) in [6, 6.07) is 10.1. The topological polar surface area (TPSA) is 52.5 Å². The van der Waals surface area contributed by atoms with Crippen molar-refractivity contribution in [3.63, 3.8) is 0 Å². The van der Waals surface area contributed by atoms with Gasteiger partial charge >= 0.3 is 0 Å². The minimum atomic E-state index is 0.235. The second-order valence-electron chi connectivity index (χ2n) is 6.13. The molecule has 0 radical (unpaired) electrons. The van der Waals surface area contributed by atoms with E-state index in [1.165, 1.54) is 0 Å². The number of anilines is 1. The van der Waals surface area contributed by atoms with Crippen LogP contribution >= 0.6 is 11.3 Å². The summed E-state index contributed by atoms with van der Waals surface area (Å²) in [5, 5.41) is 20.2. The Balaban J connectivity index is 1.74. The minimum Gasteiger partial charge on any atom is -0.396 e. The molecule has 0 aliphatic carbocycles. The quantitative estimate of drug-likeness (QED) is 0.911. The summed E-state index contributed by atoms with van der Waals surface area (Å²) in [4.78, 5) is 4.45. The Kier molecular flexibility index (Phi) is 4.71. The van der Waals surface area contributed by atoms with Crippen LogP contribution in [0.4, 0.5) is 5.13 Å². The number of hydrogen-bond donors (Lipinski definition) is 1. The molecule has 1 saturated heterocycles. The van der Waals surface area contributed by atoms with E-state index in [1.54, 1.807) is 11.3 Å². The van der Waals surface area contributed by atoms with Gasteiger partial charge in [-0.15, -0.1) is 10.2 Å².